The van der Waals surface area contributed by atoms with Crippen molar-refractivity contribution >= 4 is 21.7 Å². The van der Waals surface area contributed by atoms with Crippen molar-refractivity contribution in [1.82, 2.24) is 20.3 Å². The SMILES string of the molecule is O=S1CCC(C2N[C@@H](c3ncc(-c4ccccc4)[nH]3)Cc3c2[nH]c2ccccc32)CC1. The second-order valence-electron chi connectivity index (χ2n) is 8.70. The van der Waals surface area contributed by atoms with E-state index in [0.29, 0.717) is 5.92 Å². The number of rotatable bonds is 3. The molecule has 0 bridgehead atoms. The Morgan fingerprint density at radius 3 is 2.55 bits per heavy atom. The molecule has 6 rings (SSSR count). The summed E-state index contributed by atoms with van der Waals surface area (Å²) >= 11 is 0. The molecule has 5 nitrogen and oxygen atoms in total. The van der Waals surface area contributed by atoms with Crippen LogP contribution in [0.1, 0.15) is 42.0 Å². The van der Waals surface area contributed by atoms with E-state index in [1.165, 1.54) is 22.2 Å². The molecule has 4 heterocycles. The largest absolute Gasteiger partial charge is 0.357 e. The Morgan fingerprint density at radius 2 is 1.71 bits per heavy atom. The van der Waals surface area contributed by atoms with Gasteiger partial charge in [-0.1, -0.05) is 48.5 Å². The van der Waals surface area contributed by atoms with E-state index in [1.54, 1.807) is 0 Å². The molecule has 31 heavy (non-hydrogen) atoms. The number of aromatic nitrogens is 3. The van der Waals surface area contributed by atoms with E-state index in [0.717, 1.165) is 47.8 Å². The number of nitrogens with one attached hydrogen (secondary N) is 3. The maximum absolute atomic E-state index is 12.0. The molecular weight excluding hydrogens is 404 g/mol. The number of benzene rings is 2. The van der Waals surface area contributed by atoms with Crippen molar-refractivity contribution < 1.29 is 4.21 Å². The highest BCUT2D eigenvalue weighted by Gasteiger charge is 2.37. The molecule has 3 N–H and O–H groups in total. The molecule has 2 atom stereocenters. The Labute approximate surface area is 184 Å². The van der Waals surface area contributed by atoms with Crippen LogP contribution in [0.3, 0.4) is 0 Å². The van der Waals surface area contributed by atoms with Crippen molar-refractivity contribution in [2.75, 3.05) is 11.5 Å². The fourth-order valence-corrected chi connectivity index (χ4v) is 6.58. The Morgan fingerprint density at radius 1 is 0.935 bits per heavy atom. The van der Waals surface area contributed by atoms with Gasteiger partial charge in [0.15, 0.2) is 0 Å². The van der Waals surface area contributed by atoms with Crippen LogP contribution in [0.2, 0.25) is 0 Å². The van der Waals surface area contributed by atoms with Crippen LogP contribution in [-0.2, 0) is 17.2 Å². The van der Waals surface area contributed by atoms with E-state index in [1.807, 2.05) is 12.3 Å². The highest BCUT2D eigenvalue weighted by atomic mass is 32.2. The second kappa shape index (κ2) is 7.77. The molecule has 0 aliphatic carbocycles. The van der Waals surface area contributed by atoms with E-state index < -0.39 is 10.8 Å². The monoisotopic (exact) mass is 430 g/mol. The first kappa shape index (κ1) is 19.0. The summed E-state index contributed by atoms with van der Waals surface area (Å²) in [5.41, 5.74) is 6.10. The number of para-hydroxylation sites is 1. The lowest BCUT2D eigenvalue weighted by Crippen LogP contribution is -2.40. The molecule has 158 valence electrons. The second-order valence-corrected chi connectivity index (χ2v) is 10.4. The maximum Gasteiger partial charge on any atom is 0.124 e. The highest BCUT2D eigenvalue weighted by Crippen LogP contribution is 2.41. The molecule has 1 fully saturated rings. The van der Waals surface area contributed by atoms with Crippen LogP contribution >= 0.6 is 0 Å². The van der Waals surface area contributed by atoms with Crippen molar-refractivity contribution in [3.05, 3.63) is 77.9 Å². The number of hydrogen-bond donors (Lipinski definition) is 3. The van der Waals surface area contributed by atoms with Crippen LogP contribution in [0, 0.1) is 5.92 Å². The van der Waals surface area contributed by atoms with Gasteiger partial charge in [0, 0.05) is 38.9 Å². The van der Waals surface area contributed by atoms with Gasteiger partial charge in [0.25, 0.3) is 0 Å². The third kappa shape index (κ3) is 3.44. The topological polar surface area (TPSA) is 73.6 Å². The van der Waals surface area contributed by atoms with Gasteiger partial charge in [0.2, 0.25) is 0 Å². The molecule has 4 aromatic rings. The molecule has 2 aliphatic heterocycles. The van der Waals surface area contributed by atoms with Gasteiger partial charge < -0.3 is 9.97 Å². The van der Waals surface area contributed by atoms with Crippen LogP contribution in [0.4, 0.5) is 0 Å². The van der Waals surface area contributed by atoms with Crippen molar-refractivity contribution in [1.29, 1.82) is 0 Å². The molecule has 0 radical (unpaired) electrons. The summed E-state index contributed by atoms with van der Waals surface area (Å²) in [6, 6.07) is 19.3. The zero-order chi connectivity index (χ0) is 20.8. The van der Waals surface area contributed by atoms with Gasteiger partial charge in [-0.25, -0.2) is 4.98 Å². The zero-order valence-electron chi connectivity index (χ0n) is 17.3. The van der Waals surface area contributed by atoms with Crippen molar-refractivity contribution in [3.63, 3.8) is 0 Å². The van der Waals surface area contributed by atoms with Crippen molar-refractivity contribution in [2.24, 2.45) is 5.92 Å². The minimum Gasteiger partial charge on any atom is -0.357 e. The van der Waals surface area contributed by atoms with E-state index in [-0.39, 0.29) is 12.1 Å². The fourth-order valence-electron chi connectivity index (χ4n) is 5.24. The molecule has 2 aromatic heterocycles. The lowest BCUT2D eigenvalue weighted by molar-refractivity contribution is 0.280. The predicted octanol–water partition coefficient (Wildman–Crippen LogP) is 4.64. The van der Waals surface area contributed by atoms with Crippen LogP contribution in [0.5, 0.6) is 0 Å². The molecule has 1 unspecified atom stereocenters. The van der Waals surface area contributed by atoms with Gasteiger partial charge >= 0.3 is 0 Å². The van der Waals surface area contributed by atoms with Gasteiger partial charge in [-0.15, -0.1) is 0 Å². The Kier molecular flexibility index (Phi) is 4.77. The fraction of sp³-hybridized carbons (Fsp3) is 0.320. The molecule has 1 saturated heterocycles. The average Bonchev–Trinajstić information content (AvgIpc) is 3.45. The third-order valence-corrected chi connectivity index (χ3v) is 8.24. The normalized spacial score (nSPS) is 26.1. The van der Waals surface area contributed by atoms with Crippen molar-refractivity contribution in [2.45, 2.75) is 31.3 Å². The van der Waals surface area contributed by atoms with E-state index in [4.69, 9.17) is 4.98 Å². The quantitative estimate of drug-likeness (QED) is 0.443. The lowest BCUT2D eigenvalue weighted by atomic mass is 9.84. The van der Waals surface area contributed by atoms with Crippen molar-refractivity contribution in [3.8, 4) is 11.3 Å². The van der Waals surface area contributed by atoms with E-state index >= 15 is 0 Å². The molecule has 0 saturated carbocycles. The molecule has 2 aliphatic rings. The smallest absolute Gasteiger partial charge is 0.124 e. The Balaban J connectivity index is 1.38. The molecular formula is C25H26N4OS. The van der Waals surface area contributed by atoms with E-state index in [2.05, 4.69) is 63.8 Å². The lowest BCUT2D eigenvalue weighted by Gasteiger charge is -2.37. The first-order valence-corrected chi connectivity index (χ1v) is 12.6. The highest BCUT2D eigenvalue weighted by molar-refractivity contribution is 7.85. The number of imidazole rings is 1. The van der Waals surface area contributed by atoms with Gasteiger partial charge in [-0.2, -0.15) is 0 Å². The minimum atomic E-state index is -0.657. The number of aromatic amines is 2. The predicted molar refractivity (Wildman–Crippen MR) is 125 cm³/mol. The zero-order valence-corrected chi connectivity index (χ0v) is 18.1. The molecule has 2 aromatic carbocycles. The summed E-state index contributed by atoms with van der Waals surface area (Å²) in [6.45, 7) is 0. The summed E-state index contributed by atoms with van der Waals surface area (Å²) in [6.07, 6.45) is 4.84. The number of nitrogens with zero attached hydrogens (tertiary/aromatic N) is 1. The summed E-state index contributed by atoms with van der Waals surface area (Å²) in [5, 5.41) is 5.22. The van der Waals surface area contributed by atoms with Gasteiger partial charge in [0.05, 0.1) is 24.0 Å². The summed E-state index contributed by atoms with van der Waals surface area (Å²) in [7, 11) is -0.657. The van der Waals surface area contributed by atoms with Crippen LogP contribution in [-0.4, -0.2) is 30.7 Å². The molecule has 6 heteroatoms. The Bertz CT molecular complexity index is 1230. The molecule has 0 amide bonds. The first-order valence-electron chi connectivity index (χ1n) is 11.1. The first-order chi connectivity index (χ1) is 15.3. The summed E-state index contributed by atoms with van der Waals surface area (Å²) < 4.78 is 12.0. The standard InChI is InChI=1S/C25H26N4OS/c30-31-12-10-17(11-13-31)23-24-19(18-8-4-5-9-20(18)27-24)14-21(28-23)25-26-15-22(29-25)16-6-2-1-3-7-16/h1-9,15,17,21,23,27-28H,10-14H2,(H,26,29)/t17?,21-,23?,31?/m1/s1. The van der Waals surface area contributed by atoms with Crippen LogP contribution in [0.25, 0.3) is 22.2 Å². The number of H-pyrrole nitrogens is 2. The number of fused-ring (bicyclic) bond motifs is 3. The molecule has 0 spiro atoms. The van der Waals surface area contributed by atoms with Gasteiger partial charge in [0.1, 0.15) is 5.82 Å². The third-order valence-electron chi connectivity index (χ3n) is 6.86. The number of hydrogen-bond acceptors (Lipinski definition) is 3. The van der Waals surface area contributed by atoms with E-state index in [9.17, 15) is 4.21 Å². The summed E-state index contributed by atoms with van der Waals surface area (Å²) in [4.78, 5) is 12.0. The minimum absolute atomic E-state index is 0.126. The van der Waals surface area contributed by atoms with Gasteiger partial charge in [-0.3, -0.25) is 9.53 Å². The average molecular weight is 431 g/mol. The Hall–Kier alpha value is -2.70. The van der Waals surface area contributed by atoms with Crippen LogP contribution < -0.4 is 5.32 Å². The van der Waals surface area contributed by atoms with Crippen LogP contribution in [0.15, 0.2) is 60.8 Å². The van der Waals surface area contributed by atoms with Gasteiger partial charge in [-0.05, 0) is 42.4 Å². The maximum atomic E-state index is 12.0. The summed E-state index contributed by atoms with van der Waals surface area (Å²) in [5.74, 6) is 3.08.